The maximum absolute atomic E-state index is 12.9. The van der Waals surface area contributed by atoms with Gasteiger partial charge in [0.05, 0.1) is 25.4 Å². The maximum Gasteiger partial charge on any atom is 0.343 e. The number of carbonyl (C=O) groups is 2. The van der Waals surface area contributed by atoms with Crippen LogP contribution in [0.5, 0.6) is 23.0 Å². The summed E-state index contributed by atoms with van der Waals surface area (Å²) in [4.78, 5) is 25.6. The zero-order valence-corrected chi connectivity index (χ0v) is 19.3. The second kappa shape index (κ2) is 11.2. The van der Waals surface area contributed by atoms with Crippen LogP contribution in [0.25, 0.3) is 0 Å². The summed E-state index contributed by atoms with van der Waals surface area (Å²) < 4.78 is 22.7. The van der Waals surface area contributed by atoms with Gasteiger partial charge >= 0.3 is 5.97 Å². The van der Waals surface area contributed by atoms with Gasteiger partial charge in [-0.2, -0.15) is 0 Å². The Morgan fingerprint density at radius 3 is 1.82 bits per heavy atom. The van der Waals surface area contributed by atoms with Crippen LogP contribution in [0.4, 0.5) is 0 Å². The number of benzene rings is 3. The summed E-state index contributed by atoms with van der Waals surface area (Å²) in [5.41, 5.74) is 2.07. The van der Waals surface area contributed by atoms with Crippen molar-refractivity contribution < 1.29 is 28.5 Å². The van der Waals surface area contributed by atoms with Crippen LogP contribution in [-0.2, 0) is 0 Å². The molecule has 6 heteroatoms. The SMILES string of the molecule is CCOc1cc(C(=O)Oc2ccc(C(=O)c3ccccc3)cc2C)cc(OCC)c1OCC. The molecular formula is C27H28O6. The summed E-state index contributed by atoms with van der Waals surface area (Å²) in [6.45, 7) is 8.59. The van der Waals surface area contributed by atoms with Crippen molar-refractivity contribution in [3.05, 3.63) is 82.9 Å². The van der Waals surface area contributed by atoms with E-state index in [9.17, 15) is 9.59 Å². The first-order chi connectivity index (χ1) is 16.0. The molecule has 0 saturated heterocycles. The van der Waals surface area contributed by atoms with E-state index in [1.807, 2.05) is 39.0 Å². The third-order valence-electron chi connectivity index (χ3n) is 4.82. The van der Waals surface area contributed by atoms with E-state index in [0.717, 1.165) is 0 Å². The third kappa shape index (κ3) is 5.71. The van der Waals surface area contributed by atoms with Gasteiger partial charge in [0, 0.05) is 11.1 Å². The van der Waals surface area contributed by atoms with Crippen molar-refractivity contribution in [1.82, 2.24) is 0 Å². The fourth-order valence-electron chi connectivity index (χ4n) is 3.33. The van der Waals surface area contributed by atoms with E-state index in [1.165, 1.54) is 0 Å². The van der Waals surface area contributed by atoms with Crippen molar-refractivity contribution in [2.75, 3.05) is 19.8 Å². The minimum Gasteiger partial charge on any atom is -0.490 e. The molecule has 0 fully saturated rings. The van der Waals surface area contributed by atoms with Gasteiger partial charge in [-0.05, 0) is 63.6 Å². The molecule has 3 aromatic carbocycles. The van der Waals surface area contributed by atoms with E-state index in [-0.39, 0.29) is 11.3 Å². The molecule has 0 atom stereocenters. The molecule has 0 saturated carbocycles. The number of carbonyl (C=O) groups excluding carboxylic acids is 2. The zero-order chi connectivity index (χ0) is 23.8. The highest BCUT2D eigenvalue weighted by atomic mass is 16.5. The molecule has 0 aliphatic carbocycles. The molecule has 0 aliphatic heterocycles. The summed E-state index contributed by atoms with van der Waals surface area (Å²) in [7, 11) is 0. The molecule has 0 heterocycles. The maximum atomic E-state index is 12.9. The van der Waals surface area contributed by atoms with Crippen LogP contribution >= 0.6 is 0 Å². The van der Waals surface area contributed by atoms with E-state index in [4.69, 9.17) is 18.9 Å². The van der Waals surface area contributed by atoms with Crippen LogP contribution in [0.1, 0.15) is 52.6 Å². The minimum atomic E-state index is -0.565. The number of ether oxygens (including phenoxy) is 4. The molecule has 0 aliphatic rings. The monoisotopic (exact) mass is 448 g/mol. The summed E-state index contributed by atoms with van der Waals surface area (Å²) in [6.07, 6.45) is 0. The van der Waals surface area contributed by atoms with E-state index >= 15 is 0 Å². The summed E-state index contributed by atoms with van der Waals surface area (Å²) in [5.74, 6) is 0.999. The largest absolute Gasteiger partial charge is 0.490 e. The van der Waals surface area contributed by atoms with Crippen molar-refractivity contribution in [3.63, 3.8) is 0 Å². The average molecular weight is 449 g/mol. The lowest BCUT2D eigenvalue weighted by atomic mass is 10.0. The van der Waals surface area contributed by atoms with Crippen LogP contribution < -0.4 is 18.9 Å². The van der Waals surface area contributed by atoms with Gasteiger partial charge in [-0.1, -0.05) is 30.3 Å². The first-order valence-corrected chi connectivity index (χ1v) is 11.0. The Bertz CT molecular complexity index is 1090. The fraction of sp³-hybridized carbons (Fsp3) is 0.259. The third-order valence-corrected chi connectivity index (χ3v) is 4.82. The van der Waals surface area contributed by atoms with Crippen molar-refractivity contribution in [3.8, 4) is 23.0 Å². The molecule has 3 rings (SSSR count). The van der Waals surface area contributed by atoms with Gasteiger partial charge in [0.25, 0.3) is 0 Å². The molecule has 0 radical (unpaired) electrons. The van der Waals surface area contributed by atoms with Gasteiger partial charge < -0.3 is 18.9 Å². The topological polar surface area (TPSA) is 71.1 Å². The molecule has 0 unspecified atom stereocenters. The van der Waals surface area contributed by atoms with Crippen LogP contribution in [0, 0.1) is 6.92 Å². The Labute approximate surface area is 194 Å². The Kier molecular flexibility index (Phi) is 8.08. The van der Waals surface area contributed by atoms with Crippen LogP contribution in [-0.4, -0.2) is 31.6 Å². The molecule has 172 valence electrons. The number of aryl methyl sites for hydroxylation is 1. The Morgan fingerprint density at radius 2 is 1.27 bits per heavy atom. The van der Waals surface area contributed by atoms with Crippen LogP contribution in [0.15, 0.2) is 60.7 Å². The number of hydrogen-bond donors (Lipinski definition) is 0. The molecule has 0 bridgehead atoms. The predicted molar refractivity (Wildman–Crippen MR) is 126 cm³/mol. The second-order valence-electron chi connectivity index (χ2n) is 7.17. The van der Waals surface area contributed by atoms with Crippen molar-refractivity contribution in [2.45, 2.75) is 27.7 Å². The number of hydrogen-bond acceptors (Lipinski definition) is 6. The van der Waals surface area contributed by atoms with Gasteiger partial charge in [0.1, 0.15) is 5.75 Å². The first kappa shape index (κ1) is 23.9. The zero-order valence-electron chi connectivity index (χ0n) is 19.3. The molecule has 0 N–H and O–H groups in total. The van der Waals surface area contributed by atoms with Crippen molar-refractivity contribution >= 4 is 11.8 Å². The average Bonchev–Trinajstić information content (AvgIpc) is 2.82. The van der Waals surface area contributed by atoms with Crippen LogP contribution in [0.2, 0.25) is 0 Å². The van der Waals surface area contributed by atoms with E-state index in [1.54, 1.807) is 49.4 Å². The quantitative estimate of drug-likeness (QED) is 0.227. The highest BCUT2D eigenvalue weighted by Gasteiger charge is 2.20. The Morgan fingerprint density at radius 1 is 0.667 bits per heavy atom. The lowest BCUT2D eigenvalue weighted by Gasteiger charge is -2.17. The fourth-order valence-corrected chi connectivity index (χ4v) is 3.33. The van der Waals surface area contributed by atoms with Crippen molar-refractivity contribution in [1.29, 1.82) is 0 Å². The van der Waals surface area contributed by atoms with E-state index < -0.39 is 5.97 Å². The van der Waals surface area contributed by atoms with Gasteiger partial charge in [-0.3, -0.25) is 4.79 Å². The number of esters is 1. The molecule has 0 aromatic heterocycles. The molecule has 6 nitrogen and oxygen atoms in total. The highest BCUT2D eigenvalue weighted by molar-refractivity contribution is 6.09. The van der Waals surface area contributed by atoms with Crippen molar-refractivity contribution in [2.24, 2.45) is 0 Å². The summed E-state index contributed by atoms with van der Waals surface area (Å²) >= 11 is 0. The molecular weight excluding hydrogens is 420 g/mol. The predicted octanol–water partition coefficient (Wildman–Crippen LogP) is 5.64. The van der Waals surface area contributed by atoms with Gasteiger partial charge in [0.2, 0.25) is 5.75 Å². The Balaban J connectivity index is 1.86. The van der Waals surface area contributed by atoms with Gasteiger partial charge in [0.15, 0.2) is 17.3 Å². The molecule has 33 heavy (non-hydrogen) atoms. The smallest absolute Gasteiger partial charge is 0.343 e. The lowest BCUT2D eigenvalue weighted by molar-refractivity contribution is 0.0732. The molecule has 3 aromatic rings. The van der Waals surface area contributed by atoms with E-state index in [2.05, 4.69) is 0 Å². The van der Waals surface area contributed by atoms with E-state index in [0.29, 0.717) is 59.5 Å². The minimum absolute atomic E-state index is 0.0919. The standard InChI is InChI=1S/C27H28O6/c1-5-30-23-16-21(17-24(31-6-2)26(23)32-7-3)27(29)33-22-14-13-20(15-18(22)4)25(28)19-11-9-8-10-12-19/h8-17H,5-7H2,1-4H3. The summed E-state index contributed by atoms with van der Waals surface area (Å²) in [6, 6.07) is 17.2. The lowest BCUT2D eigenvalue weighted by Crippen LogP contribution is -2.12. The summed E-state index contributed by atoms with van der Waals surface area (Å²) in [5, 5.41) is 0. The second-order valence-corrected chi connectivity index (χ2v) is 7.17. The highest BCUT2D eigenvalue weighted by Crippen LogP contribution is 2.39. The van der Waals surface area contributed by atoms with Crippen LogP contribution in [0.3, 0.4) is 0 Å². The number of ketones is 1. The van der Waals surface area contributed by atoms with Gasteiger partial charge in [-0.15, -0.1) is 0 Å². The number of rotatable bonds is 10. The molecule has 0 amide bonds. The molecule has 0 spiro atoms. The Hall–Kier alpha value is -3.80. The van der Waals surface area contributed by atoms with Gasteiger partial charge in [-0.25, -0.2) is 4.79 Å². The first-order valence-electron chi connectivity index (χ1n) is 11.0. The normalized spacial score (nSPS) is 10.4.